The number of carbonyl (C=O) groups is 8. The first-order valence-corrected chi connectivity index (χ1v) is 33.6. The van der Waals surface area contributed by atoms with Gasteiger partial charge in [0.1, 0.15) is 31.1 Å². The fourth-order valence-electron chi connectivity index (χ4n) is 12.0. The summed E-state index contributed by atoms with van der Waals surface area (Å²) in [7, 11) is 0. The van der Waals surface area contributed by atoms with Crippen LogP contribution in [0.5, 0.6) is 0 Å². The van der Waals surface area contributed by atoms with Crippen LogP contribution in [-0.4, -0.2) is 198 Å². The van der Waals surface area contributed by atoms with Crippen LogP contribution in [0.3, 0.4) is 0 Å². The van der Waals surface area contributed by atoms with Crippen molar-refractivity contribution >= 4 is 64.1 Å². The molecule has 0 spiro atoms. The van der Waals surface area contributed by atoms with E-state index >= 15 is 4.39 Å². The molecule has 4 aliphatic rings. The van der Waals surface area contributed by atoms with Crippen LogP contribution in [0.4, 0.5) is 14.9 Å². The number of cyclic esters (lactones) is 1. The third-order valence-electron chi connectivity index (χ3n) is 17.6. The number of ether oxygens (including phenoxy) is 10. The molecular weight excluding hydrogens is 1280 g/mol. The van der Waals surface area contributed by atoms with Crippen LogP contribution in [-0.2, 0) is 113 Å². The molecule has 1 unspecified atom stereocenters. The maximum atomic E-state index is 15.4. The van der Waals surface area contributed by atoms with Crippen LogP contribution in [0.25, 0.3) is 22.3 Å². The highest BCUT2D eigenvalue weighted by Crippen LogP contribution is 2.46. The predicted octanol–water partition coefficient (Wildman–Crippen LogP) is 4.09. The summed E-state index contributed by atoms with van der Waals surface area (Å²) in [6, 6.07) is 6.97. The van der Waals surface area contributed by atoms with Crippen LogP contribution < -0.4 is 32.1 Å². The minimum absolute atomic E-state index is 0.00737. The average Bonchev–Trinajstić information content (AvgIpc) is 1.49. The summed E-state index contributed by atoms with van der Waals surface area (Å²) in [6.45, 7) is 17.7. The molecule has 28 nitrogen and oxygen atoms in total. The zero-order valence-corrected chi connectivity index (χ0v) is 56.9. The Morgan fingerprint density at radius 2 is 1.33 bits per heavy atom. The lowest BCUT2D eigenvalue weighted by atomic mass is 9.81. The van der Waals surface area contributed by atoms with Crippen molar-refractivity contribution in [1.29, 1.82) is 0 Å². The number of benzene rings is 2. The lowest BCUT2D eigenvalue weighted by Crippen LogP contribution is -2.53. The number of aliphatic hydroxyl groups is 1. The molecule has 0 radical (unpaired) electrons. The van der Waals surface area contributed by atoms with E-state index in [1.807, 2.05) is 13.8 Å². The van der Waals surface area contributed by atoms with E-state index in [0.717, 1.165) is 5.56 Å². The van der Waals surface area contributed by atoms with Crippen LogP contribution in [0.2, 0.25) is 0 Å². The summed E-state index contributed by atoms with van der Waals surface area (Å²) in [5.74, 6) is -3.97. The zero-order valence-electron chi connectivity index (χ0n) is 56.9. The molecule has 2 aromatic heterocycles. The van der Waals surface area contributed by atoms with Gasteiger partial charge in [0.05, 0.1) is 141 Å². The van der Waals surface area contributed by atoms with Crippen LogP contribution in [0, 0.1) is 30.5 Å². The van der Waals surface area contributed by atoms with Crippen LogP contribution in [0.15, 0.2) is 41.2 Å². The number of esters is 1. The van der Waals surface area contributed by atoms with Gasteiger partial charge in [0.2, 0.25) is 35.4 Å². The number of amides is 7. The number of pyridine rings is 2. The second kappa shape index (κ2) is 36.8. The Hall–Kier alpha value is -7.87. The summed E-state index contributed by atoms with van der Waals surface area (Å²) < 4.78 is 72.0. The number of anilines is 1. The number of hydrogen-bond donors (Lipinski definition) is 6. The van der Waals surface area contributed by atoms with E-state index in [1.165, 1.54) is 22.5 Å². The Bertz CT molecular complexity index is 3530. The number of imide groups is 1. The van der Waals surface area contributed by atoms with Gasteiger partial charge in [0, 0.05) is 66.5 Å². The largest absolute Gasteiger partial charge is 0.458 e. The van der Waals surface area contributed by atoms with Gasteiger partial charge in [-0.15, -0.1) is 0 Å². The monoisotopic (exact) mass is 1370 g/mol. The predicted molar refractivity (Wildman–Crippen MR) is 352 cm³/mol. The van der Waals surface area contributed by atoms with E-state index in [0.29, 0.717) is 156 Å². The van der Waals surface area contributed by atoms with Gasteiger partial charge in [-0.3, -0.25) is 38.5 Å². The van der Waals surface area contributed by atoms with E-state index < -0.39 is 64.9 Å². The number of aryl methyl sites for hydroxylation is 1. The molecule has 6 N–H and O–H groups in total. The molecule has 4 aromatic rings. The third kappa shape index (κ3) is 19.9. The number of hydrogen-bond acceptors (Lipinski definition) is 21. The summed E-state index contributed by atoms with van der Waals surface area (Å²) in [4.78, 5) is 123. The van der Waals surface area contributed by atoms with Gasteiger partial charge in [-0.2, -0.15) is 0 Å². The minimum atomic E-state index is -2.04. The van der Waals surface area contributed by atoms with Gasteiger partial charge in [-0.25, -0.2) is 19.0 Å². The molecule has 2 aromatic carbocycles. The summed E-state index contributed by atoms with van der Waals surface area (Å²) in [5.41, 5.74) is 2.42. The highest BCUT2D eigenvalue weighted by atomic mass is 19.1. The van der Waals surface area contributed by atoms with Crippen molar-refractivity contribution in [2.24, 2.45) is 17.8 Å². The van der Waals surface area contributed by atoms with Crippen LogP contribution in [0.1, 0.15) is 119 Å². The number of carbonyl (C=O) groups excluding carboxylic acids is 8. The van der Waals surface area contributed by atoms with E-state index in [1.54, 1.807) is 58.0 Å². The van der Waals surface area contributed by atoms with Gasteiger partial charge >= 0.3 is 12.1 Å². The normalized spacial score (nSPS) is 17.5. The number of halogens is 1. The molecule has 536 valence electrons. The topological polar surface area (TPSA) is 347 Å². The quantitative estimate of drug-likeness (QED) is 0.0182. The second-order valence-electron chi connectivity index (χ2n) is 25.0. The van der Waals surface area contributed by atoms with Crippen molar-refractivity contribution in [2.45, 2.75) is 130 Å². The molecule has 0 saturated carbocycles. The van der Waals surface area contributed by atoms with Gasteiger partial charge in [0.15, 0.2) is 5.60 Å². The lowest BCUT2D eigenvalue weighted by Gasteiger charge is -2.31. The van der Waals surface area contributed by atoms with Gasteiger partial charge in [-0.05, 0) is 85.4 Å². The highest BCUT2D eigenvalue weighted by Gasteiger charge is 2.46. The first kappa shape index (κ1) is 75.9. The molecule has 5 heterocycles. The zero-order chi connectivity index (χ0) is 70.5. The van der Waals surface area contributed by atoms with E-state index in [-0.39, 0.29) is 118 Å². The Labute approximate surface area is 568 Å². The molecule has 7 amide bonds. The first-order valence-electron chi connectivity index (χ1n) is 33.6. The summed E-state index contributed by atoms with van der Waals surface area (Å²) >= 11 is 0. The fraction of sp³-hybridized carbons (Fsp3) is 0.594. The Morgan fingerprint density at radius 3 is 1.90 bits per heavy atom. The van der Waals surface area contributed by atoms with Crippen molar-refractivity contribution in [3.05, 3.63) is 91.5 Å². The van der Waals surface area contributed by atoms with Crippen molar-refractivity contribution < 1.29 is 95.2 Å². The molecular formula is C69H93FN8O20. The smallest absolute Gasteiger partial charge is 0.407 e. The van der Waals surface area contributed by atoms with Gasteiger partial charge in [0.25, 0.3) is 5.56 Å². The Kier molecular flexibility index (Phi) is 28.5. The fourth-order valence-corrected chi connectivity index (χ4v) is 12.0. The van der Waals surface area contributed by atoms with E-state index in [9.17, 15) is 48.3 Å². The SMILES string of the molecule is CC[C@@]1(O)C(=O)OCc2c1cc1n(c2=O)Cc2c-1nc1cc(F)c(C)c3c1c2[C@@H](NC(=O)OCc1ccc(NC(=O)[C@H](C)NC(=O)[C@@H](NC(=O)CCOCCOCCOCCOCCOCCOCCOCCOCCNC(=O)CCN2C(=O)CC(C(C)C)C2=O)C(C)C)cc1)CC3. The third-order valence-corrected chi connectivity index (χ3v) is 17.6. The maximum Gasteiger partial charge on any atom is 0.407 e. The highest BCUT2D eigenvalue weighted by molar-refractivity contribution is 6.04. The minimum Gasteiger partial charge on any atom is -0.458 e. The summed E-state index contributed by atoms with van der Waals surface area (Å²) in [6.07, 6.45) is 0.298. The van der Waals surface area contributed by atoms with Crippen molar-refractivity contribution in [3.63, 3.8) is 0 Å². The standard InChI is InChI=1S/C69H93FN8O20/c1-8-69(88)51-36-55-62-49(38-78(55)66(85)50(51)40-97-67(69)86)60-53(14-13-47-43(6)52(70)37-54(74-62)59(47)60)75-68(87)98-39-45-9-11-46(12-10-45)73-63(82)44(7)72-64(83)61(42(4)5)76-57(80)16-19-89-21-23-91-25-27-93-29-31-95-33-34-96-32-30-94-28-26-92-24-22-90-20-17-71-56(79)15-18-77-58(81)35-48(41(2)3)65(77)84/h9-12,36-37,41-42,44,48,53,61,88H,8,13-35,38-40H2,1-7H3,(H,71,79)(H,72,83)(H,73,82)(H,75,87)(H,76,80)/t44-,48?,53-,61-,69-/m0/s1. The first-order chi connectivity index (χ1) is 47.1. The van der Waals surface area contributed by atoms with Crippen LogP contribution >= 0.6 is 0 Å². The Morgan fingerprint density at radius 1 is 0.735 bits per heavy atom. The molecule has 8 rings (SSSR count). The Balaban J connectivity index is 0.618. The molecule has 29 heteroatoms. The molecule has 98 heavy (non-hydrogen) atoms. The number of rotatable bonds is 41. The number of fused-ring (bicyclic) bond motifs is 5. The number of aromatic nitrogens is 2. The molecule has 0 bridgehead atoms. The molecule has 1 fully saturated rings. The lowest BCUT2D eigenvalue weighted by molar-refractivity contribution is -0.172. The van der Waals surface area contributed by atoms with Crippen molar-refractivity contribution in [2.75, 3.05) is 124 Å². The molecule has 1 aliphatic carbocycles. The van der Waals surface area contributed by atoms with Gasteiger partial charge in [-0.1, -0.05) is 46.8 Å². The van der Waals surface area contributed by atoms with Crippen molar-refractivity contribution in [1.82, 2.24) is 35.7 Å². The van der Waals surface area contributed by atoms with E-state index in [4.69, 9.17) is 52.4 Å². The number of alkyl carbamates (subject to hydrolysis) is 1. The molecule has 5 atom stereocenters. The van der Waals surface area contributed by atoms with Gasteiger partial charge < -0.3 is 83.6 Å². The maximum absolute atomic E-state index is 15.4. The second-order valence-corrected chi connectivity index (χ2v) is 25.0. The number of likely N-dealkylation sites (tertiary alicyclic amines) is 1. The number of nitrogens with one attached hydrogen (secondary N) is 5. The van der Waals surface area contributed by atoms with E-state index in [2.05, 4.69) is 26.6 Å². The average molecular weight is 1370 g/mol. The number of nitrogens with zero attached hydrogens (tertiary/aromatic N) is 3. The van der Waals surface area contributed by atoms with Crippen molar-refractivity contribution in [3.8, 4) is 11.4 Å². The molecule has 3 aliphatic heterocycles. The molecule has 1 saturated heterocycles. The summed E-state index contributed by atoms with van der Waals surface area (Å²) in [5, 5.41) is 26.0.